The van der Waals surface area contributed by atoms with E-state index in [0.717, 1.165) is 5.56 Å². The van der Waals surface area contributed by atoms with Crippen molar-refractivity contribution in [1.82, 2.24) is 0 Å². The summed E-state index contributed by atoms with van der Waals surface area (Å²) in [5.74, 6) is -0.584. The molecule has 0 heterocycles. The lowest BCUT2D eigenvalue weighted by atomic mass is 10.1. The fourth-order valence-electron chi connectivity index (χ4n) is 1.82. The van der Waals surface area contributed by atoms with Crippen LogP contribution in [-0.2, 0) is 0 Å². The molecule has 0 aliphatic carbocycles. The monoisotopic (exact) mass is 337 g/mol. The van der Waals surface area contributed by atoms with Gasteiger partial charge in [0.25, 0.3) is 5.91 Å². The van der Waals surface area contributed by atoms with Crippen LogP contribution < -0.4 is 10.1 Å². The van der Waals surface area contributed by atoms with Gasteiger partial charge in [0.1, 0.15) is 11.6 Å². The summed E-state index contributed by atoms with van der Waals surface area (Å²) in [7, 11) is 1.51. The van der Waals surface area contributed by atoms with E-state index >= 15 is 0 Å². The lowest BCUT2D eigenvalue weighted by molar-refractivity contribution is 0.102. The maximum Gasteiger partial charge on any atom is 0.259 e. The number of nitrogens with one attached hydrogen (secondary N) is 1. The first-order valence-electron chi connectivity index (χ1n) is 5.93. The fraction of sp³-hybridized carbons (Fsp3) is 0.133. The van der Waals surface area contributed by atoms with Gasteiger partial charge in [0.15, 0.2) is 0 Å². The summed E-state index contributed by atoms with van der Waals surface area (Å²) < 4.78 is 19.3. The molecule has 0 atom stereocenters. The molecule has 1 amide bonds. The third-order valence-corrected chi connectivity index (χ3v) is 3.45. The summed E-state index contributed by atoms with van der Waals surface area (Å²) in [6.07, 6.45) is 0. The number of carbonyl (C=O) groups excluding carboxylic acids is 1. The van der Waals surface area contributed by atoms with Crippen molar-refractivity contribution < 1.29 is 13.9 Å². The second-order valence-corrected chi connectivity index (χ2v) is 5.11. The number of hydrogen-bond donors (Lipinski definition) is 1. The minimum atomic E-state index is -0.580. The van der Waals surface area contributed by atoms with Crippen molar-refractivity contribution in [3.05, 3.63) is 57.8 Å². The van der Waals surface area contributed by atoms with E-state index in [1.807, 2.05) is 13.0 Å². The van der Waals surface area contributed by atoms with Gasteiger partial charge in [-0.2, -0.15) is 0 Å². The van der Waals surface area contributed by atoms with Crippen LogP contribution in [0.25, 0.3) is 0 Å². The van der Waals surface area contributed by atoms with Crippen LogP contribution in [-0.4, -0.2) is 13.0 Å². The zero-order chi connectivity index (χ0) is 14.7. The number of benzene rings is 2. The second kappa shape index (κ2) is 6.05. The summed E-state index contributed by atoms with van der Waals surface area (Å²) >= 11 is 3.18. The predicted octanol–water partition coefficient (Wildman–Crippen LogP) is 4.16. The molecule has 0 aliphatic heterocycles. The van der Waals surface area contributed by atoms with E-state index < -0.39 is 11.7 Å². The molecule has 2 aromatic carbocycles. The number of amides is 1. The molecule has 0 fully saturated rings. The van der Waals surface area contributed by atoms with Crippen LogP contribution in [0.4, 0.5) is 10.1 Å². The van der Waals surface area contributed by atoms with Crippen molar-refractivity contribution >= 4 is 27.5 Å². The molecule has 0 saturated heterocycles. The molecule has 5 heteroatoms. The van der Waals surface area contributed by atoms with E-state index in [-0.39, 0.29) is 5.56 Å². The summed E-state index contributed by atoms with van der Waals surface area (Å²) in [5, 5.41) is 2.67. The van der Waals surface area contributed by atoms with Gasteiger partial charge in [0.05, 0.1) is 18.4 Å². The summed E-state index contributed by atoms with van der Waals surface area (Å²) in [6.45, 7) is 1.90. The van der Waals surface area contributed by atoms with Crippen LogP contribution in [0, 0.1) is 12.7 Å². The summed E-state index contributed by atoms with van der Waals surface area (Å²) in [4.78, 5) is 12.2. The van der Waals surface area contributed by atoms with E-state index in [9.17, 15) is 9.18 Å². The number of hydrogen-bond acceptors (Lipinski definition) is 2. The largest absolute Gasteiger partial charge is 0.495 e. The normalized spacial score (nSPS) is 10.2. The number of carbonyl (C=O) groups is 1. The van der Waals surface area contributed by atoms with Crippen LogP contribution in [0.15, 0.2) is 40.9 Å². The number of halogens is 2. The second-order valence-electron chi connectivity index (χ2n) is 4.25. The molecule has 0 spiro atoms. The maximum absolute atomic E-state index is 13.7. The number of aryl methyl sites for hydroxylation is 1. The highest BCUT2D eigenvalue weighted by atomic mass is 79.9. The van der Waals surface area contributed by atoms with Crippen molar-refractivity contribution in [2.24, 2.45) is 0 Å². The molecule has 0 unspecified atom stereocenters. The van der Waals surface area contributed by atoms with Crippen LogP contribution in [0.2, 0.25) is 0 Å². The van der Waals surface area contributed by atoms with E-state index in [2.05, 4.69) is 21.2 Å². The molecule has 2 rings (SSSR count). The number of rotatable bonds is 3. The first kappa shape index (κ1) is 14.5. The molecule has 2 aromatic rings. The Morgan fingerprint density at radius 3 is 2.70 bits per heavy atom. The zero-order valence-corrected chi connectivity index (χ0v) is 12.6. The Kier molecular flexibility index (Phi) is 4.39. The lowest BCUT2D eigenvalue weighted by Crippen LogP contribution is -2.15. The van der Waals surface area contributed by atoms with Gasteiger partial charge in [-0.15, -0.1) is 0 Å². The highest BCUT2D eigenvalue weighted by molar-refractivity contribution is 9.10. The highest BCUT2D eigenvalue weighted by Crippen LogP contribution is 2.27. The molecule has 0 saturated carbocycles. The van der Waals surface area contributed by atoms with Crippen LogP contribution in [0.3, 0.4) is 0 Å². The molecular formula is C15H13BrFNO2. The van der Waals surface area contributed by atoms with Gasteiger partial charge in [-0.05, 0) is 52.7 Å². The Morgan fingerprint density at radius 2 is 2.05 bits per heavy atom. The number of anilines is 1. The number of ether oxygens (including phenoxy) is 1. The molecule has 20 heavy (non-hydrogen) atoms. The molecule has 0 aliphatic rings. The molecule has 0 radical (unpaired) electrons. The third kappa shape index (κ3) is 2.99. The fourth-order valence-corrected chi connectivity index (χ4v) is 2.34. The van der Waals surface area contributed by atoms with Gasteiger partial charge in [-0.3, -0.25) is 4.79 Å². The van der Waals surface area contributed by atoms with E-state index in [0.29, 0.717) is 15.9 Å². The summed E-state index contributed by atoms with van der Waals surface area (Å²) in [5.41, 5.74) is 1.44. The topological polar surface area (TPSA) is 38.3 Å². The minimum absolute atomic E-state index is 0.0314. The predicted molar refractivity (Wildman–Crippen MR) is 79.8 cm³/mol. The standard InChI is InChI=1S/C15H13BrFNO2/c1-9-6-7-13(20-2)12(8-9)18-15(19)14-10(16)4-3-5-11(14)17/h3-8H,1-2H3,(H,18,19). The van der Waals surface area contributed by atoms with Gasteiger partial charge >= 0.3 is 0 Å². The van der Waals surface area contributed by atoms with Gasteiger partial charge < -0.3 is 10.1 Å². The Balaban J connectivity index is 2.35. The number of methoxy groups -OCH3 is 1. The molecule has 0 aromatic heterocycles. The van der Waals surface area contributed by atoms with E-state index in [4.69, 9.17) is 4.74 Å². The molecule has 104 valence electrons. The van der Waals surface area contributed by atoms with Crippen molar-refractivity contribution in [3.8, 4) is 5.75 Å². The van der Waals surface area contributed by atoms with Crippen molar-refractivity contribution in [3.63, 3.8) is 0 Å². The Bertz CT molecular complexity index is 638. The van der Waals surface area contributed by atoms with Gasteiger partial charge in [0, 0.05) is 4.47 Å². The van der Waals surface area contributed by atoms with Crippen LogP contribution in [0.1, 0.15) is 15.9 Å². The molecule has 0 bridgehead atoms. The van der Waals surface area contributed by atoms with E-state index in [1.54, 1.807) is 18.2 Å². The average molecular weight is 338 g/mol. The summed E-state index contributed by atoms with van der Waals surface area (Å²) in [6, 6.07) is 9.78. The lowest BCUT2D eigenvalue weighted by Gasteiger charge is -2.12. The first-order chi connectivity index (χ1) is 9.52. The maximum atomic E-state index is 13.7. The zero-order valence-electron chi connectivity index (χ0n) is 11.0. The Hall–Kier alpha value is -1.88. The third-order valence-electron chi connectivity index (χ3n) is 2.79. The van der Waals surface area contributed by atoms with Gasteiger partial charge in [-0.1, -0.05) is 12.1 Å². The van der Waals surface area contributed by atoms with Gasteiger partial charge in [-0.25, -0.2) is 4.39 Å². The Morgan fingerprint density at radius 1 is 1.30 bits per heavy atom. The smallest absolute Gasteiger partial charge is 0.259 e. The minimum Gasteiger partial charge on any atom is -0.495 e. The van der Waals surface area contributed by atoms with Crippen molar-refractivity contribution in [1.29, 1.82) is 0 Å². The van der Waals surface area contributed by atoms with E-state index in [1.165, 1.54) is 19.2 Å². The van der Waals surface area contributed by atoms with Crippen molar-refractivity contribution in [2.45, 2.75) is 6.92 Å². The van der Waals surface area contributed by atoms with Crippen molar-refractivity contribution in [2.75, 3.05) is 12.4 Å². The molecule has 3 nitrogen and oxygen atoms in total. The Labute approximate surface area is 124 Å². The average Bonchev–Trinajstić information content (AvgIpc) is 2.38. The highest BCUT2D eigenvalue weighted by Gasteiger charge is 2.17. The molecule has 1 N–H and O–H groups in total. The van der Waals surface area contributed by atoms with Crippen LogP contribution >= 0.6 is 15.9 Å². The first-order valence-corrected chi connectivity index (χ1v) is 6.72. The molecular weight excluding hydrogens is 325 g/mol. The van der Waals surface area contributed by atoms with Crippen LogP contribution in [0.5, 0.6) is 5.75 Å². The quantitative estimate of drug-likeness (QED) is 0.913. The SMILES string of the molecule is COc1ccc(C)cc1NC(=O)c1c(F)cccc1Br. The van der Waals surface area contributed by atoms with Gasteiger partial charge in [0.2, 0.25) is 0 Å².